The molecule has 4 nitrogen and oxygen atoms in total. The summed E-state index contributed by atoms with van der Waals surface area (Å²) in [6, 6.07) is 5.55. The lowest BCUT2D eigenvalue weighted by molar-refractivity contribution is -0.128. The quantitative estimate of drug-likeness (QED) is 0.626. The maximum Gasteiger partial charge on any atom is 0.222 e. The minimum Gasteiger partial charge on any atom is -0.493 e. The van der Waals surface area contributed by atoms with Crippen LogP contribution in [-0.2, 0) is 4.79 Å². The van der Waals surface area contributed by atoms with Gasteiger partial charge in [-0.3, -0.25) is 4.79 Å². The first kappa shape index (κ1) is 13.4. The number of hydrogen-bond donors (Lipinski definition) is 1. The van der Waals surface area contributed by atoms with E-state index in [1.165, 1.54) is 0 Å². The molecule has 0 saturated heterocycles. The van der Waals surface area contributed by atoms with Crippen molar-refractivity contribution in [2.45, 2.75) is 19.8 Å². The molecule has 1 aromatic rings. The van der Waals surface area contributed by atoms with Crippen molar-refractivity contribution in [1.82, 2.24) is 4.90 Å². The molecule has 0 aliphatic rings. The van der Waals surface area contributed by atoms with Gasteiger partial charge in [-0.2, -0.15) is 0 Å². The molecule has 0 aliphatic carbocycles. The molecule has 0 bridgehead atoms. The Morgan fingerprint density at radius 1 is 1.41 bits per heavy atom. The van der Waals surface area contributed by atoms with Crippen LogP contribution in [0.2, 0.25) is 0 Å². The zero-order chi connectivity index (χ0) is 12.8. The highest BCUT2D eigenvalue weighted by Gasteiger charge is 2.04. The number of rotatable bonds is 5. The zero-order valence-corrected chi connectivity index (χ0v) is 10.7. The van der Waals surface area contributed by atoms with Crippen LogP contribution in [0.1, 0.15) is 18.4 Å². The van der Waals surface area contributed by atoms with E-state index >= 15 is 0 Å². The van der Waals surface area contributed by atoms with Crippen LogP contribution in [0.15, 0.2) is 18.2 Å². The predicted molar refractivity (Wildman–Crippen MR) is 69.0 cm³/mol. The lowest BCUT2D eigenvalue weighted by Gasteiger charge is -2.11. The van der Waals surface area contributed by atoms with E-state index in [1.54, 1.807) is 19.0 Å². The van der Waals surface area contributed by atoms with Crippen LogP contribution in [0, 0.1) is 6.92 Å². The van der Waals surface area contributed by atoms with Gasteiger partial charge >= 0.3 is 0 Å². The number of nitrogen functional groups attached to an aromatic ring is 1. The predicted octanol–water partition coefficient (Wildman–Crippen LogP) is 1.82. The molecule has 0 unspecified atom stereocenters. The highest BCUT2D eigenvalue weighted by atomic mass is 16.5. The second kappa shape index (κ2) is 6.13. The summed E-state index contributed by atoms with van der Waals surface area (Å²) in [4.78, 5) is 12.9. The second-order valence-corrected chi connectivity index (χ2v) is 4.27. The number of aryl methyl sites for hydroxylation is 1. The van der Waals surface area contributed by atoms with E-state index in [9.17, 15) is 4.79 Å². The topological polar surface area (TPSA) is 55.6 Å². The van der Waals surface area contributed by atoms with Gasteiger partial charge in [0.05, 0.1) is 6.61 Å². The summed E-state index contributed by atoms with van der Waals surface area (Å²) in [7, 11) is 3.51. The Hall–Kier alpha value is -1.71. The fourth-order valence-corrected chi connectivity index (χ4v) is 1.46. The number of hydrogen-bond acceptors (Lipinski definition) is 3. The molecule has 0 aliphatic heterocycles. The second-order valence-electron chi connectivity index (χ2n) is 4.27. The van der Waals surface area contributed by atoms with Gasteiger partial charge in [0.15, 0.2) is 0 Å². The van der Waals surface area contributed by atoms with Crippen LogP contribution in [0.3, 0.4) is 0 Å². The summed E-state index contributed by atoms with van der Waals surface area (Å²) in [5.41, 5.74) is 7.40. The van der Waals surface area contributed by atoms with E-state index in [0.717, 1.165) is 23.4 Å². The number of nitrogens with zero attached hydrogens (tertiary/aromatic N) is 1. The molecule has 0 radical (unpaired) electrons. The summed E-state index contributed by atoms with van der Waals surface area (Å²) in [6.45, 7) is 2.50. The van der Waals surface area contributed by atoms with Gasteiger partial charge in [-0.05, 0) is 37.1 Å². The summed E-state index contributed by atoms with van der Waals surface area (Å²) in [5, 5.41) is 0. The molecule has 1 amide bonds. The number of nitrogens with two attached hydrogens (primary N) is 1. The molecule has 1 aromatic carbocycles. The molecule has 2 N–H and O–H groups in total. The smallest absolute Gasteiger partial charge is 0.222 e. The lowest BCUT2D eigenvalue weighted by Crippen LogP contribution is -2.21. The lowest BCUT2D eigenvalue weighted by atomic mass is 10.2. The Labute approximate surface area is 102 Å². The molecule has 0 heterocycles. The van der Waals surface area contributed by atoms with Crippen LogP contribution in [-0.4, -0.2) is 31.5 Å². The molecule has 0 atom stereocenters. The number of benzene rings is 1. The Kier molecular flexibility index (Phi) is 4.82. The van der Waals surface area contributed by atoms with E-state index < -0.39 is 0 Å². The molecular formula is C13H20N2O2. The fourth-order valence-electron chi connectivity index (χ4n) is 1.46. The van der Waals surface area contributed by atoms with Gasteiger partial charge in [0.1, 0.15) is 5.75 Å². The van der Waals surface area contributed by atoms with Gasteiger partial charge in [-0.15, -0.1) is 0 Å². The normalized spacial score (nSPS) is 10.1. The van der Waals surface area contributed by atoms with Crippen molar-refractivity contribution in [3.8, 4) is 5.75 Å². The van der Waals surface area contributed by atoms with Crippen LogP contribution in [0.5, 0.6) is 5.75 Å². The van der Waals surface area contributed by atoms with Crippen molar-refractivity contribution < 1.29 is 9.53 Å². The van der Waals surface area contributed by atoms with Crippen molar-refractivity contribution >= 4 is 11.6 Å². The molecule has 1 rings (SSSR count). The van der Waals surface area contributed by atoms with E-state index in [-0.39, 0.29) is 5.91 Å². The van der Waals surface area contributed by atoms with E-state index in [4.69, 9.17) is 10.5 Å². The van der Waals surface area contributed by atoms with Gasteiger partial charge in [0.2, 0.25) is 5.91 Å². The molecule has 0 saturated carbocycles. The summed E-state index contributed by atoms with van der Waals surface area (Å²) >= 11 is 0. The summed E-state index contributed by atoms with van der Waals surface area (Å²) in [5.74, 6) is 0.958. The molecule has 0 spiro atoms. The van der Waals surface area contributed by atoms with Crippen molar-refractivity contribution in [2.24, 2.45) is 0 Å². The standard InChI is InChI=1S/C13H20N2O2/c1-10-9-11(14)6-7-12(10)17-8-4-5-13(16)15(2)3/h6-7,9H,4-5,8,14H2,1-3H3. The Morgan fingerprint density at radius 2 is 2.12 bits per heavy atom. The van der Waals surface area contributed by atoms with Gasteiger partial charge < -0.3 is 15.4 Å². The van der Waals surface area contributed by atoms with Gasteiger partial charge in [-0.1, -0.05) is 0 Å². The van der Waals surface area contributed by atoms with E-state index in [2.05, 4.69) is 0 Å². The van der Waals surface area contributed by atoms with Crippen molar-refractivity contribution in [3.63, 3.8) is 0 Å². The summed E-state index contributed by atoms with van der Waals surface area (Å²) < 4.78 is 5.60. The first-order valence-corrected chi connectivity index (χ1v) is 5.70. The van der Waals surface area contributed by atoms with Gasteiger partial charge in [0, 0.05) is 26.2 Å². The van der Waals surface area contributed by atoms with Crippen molar-refractivity contribution in [1.29, 1.82) is 0 Å². The van der Waals surface area contributed by atoms with Crippen LogP contribution in [0.4, 0.5) is 5.69 Å². The maximum absolute atomic E-state index is 11.3. The summed E-state index contributed by atoms with van der Waals surface area (Å²) in [6.07, 6.45) is 1.24. The van der Waals surface area contributed by atoms with E-state index in [1.807, 2.05) is 25.1 Å². The third-order valence-corrected chi connectivity index (χ3v) is 2.49. The average molecular weight is 236 g/mol. The largest absolute Gasteiger partial charge is 0.493 e. The third kappa shape index (κ3) is 4.34. The molecular weight excluding hydrogens is 216 g/mol. The van der Waals surface area contributed by atoms with E-state index in [0.29, 0.717) is 13.0 Å². The molecule has 0 fully saturated rings. The fraction of sp³-hybridized carbons (Fsp3) is 0.462. The number of ether oxygens (including phenoxy) is 1. The monoisotopic (exact) mass is 236 g/mol. The molecule has 94 valence electrons. The number of anilines is 1. The van der Waals surface area contributed by atoms with Crippen LogP contribution >= 0.6 is 0 Å². The highest BCUT2D eigenvalue weighted by molar-refractivity contribution is 5.75. The molecule has 4 heteroatoms. The van der Waals surface area contributed by atoms with Gasteiger partial charge in [0.25, 0.3) is 0 Å². The third-order valence-electron chi connectivity index (χ3n) is 2.49. The van der Waals surface area contributed by atoms with Crippen molar-refractivity contribution in [2.75, 3.05) is 26.4 Å². The molecule has 17 heavy (non-hydrogen) atoms. The number of carbonyl (C=O) groups excluding carboxylic acids is 1. The van der Waals surface area contributed by atoms with Crippen molar-refractivity contribution in [3.05, 3.63) is 23.8 Å². The first-order valence-electron chi connectivity index (χ1n) is 5.70. The Balaban J connectivity index is 2.34. The minimum absolute atomic E-state index is 0.127. The van der Waals surface area contributed by atoms with Crippen LogP contribution in [0.25, 0.3) is 0 Å². The average Bonchev–Trinajstić information content (AvgIpc) is 2.26. The SMILES string of the molecule is Cc1cc(N)ccc1OCCCC(=O)N(C)C. The highest BCUT2D eigenvalue weighted by Crippen LogP contribution is 2.20. The maximum atomic E-state index is 11.3. The Bertz CT molecular complexity index is 389. The van der Waals surface area contributed by atoms with Gasteiger partial charge in [-0.25, -0.2) is 0 Å². The zero-order valence-electron chi connectivity index (χ0n) is 10.7. The Morgan fingerprint density at radius 3 is 2.71 bits per heavy atom. The molecule has 0 aromatic heterocycles. The minimum atomic E-state index is 0.127. The van der Waals surface area contributed by atoms with Crippen LogP contribution < -0.4 is 10.5 Å². The number of carbonyl (C=O) groups is 1. The number of amides is 1. The first-order chi connectivity index (χ1) is 8.00.